The Bertz CT molecular complexity index is 1040. The zero-order valence-electron chi connectivity index (χ0n) is 16.9. The predicted molar refractivity (Wildman–Crippen MR) is 112 cm³/mol. The molecule has 3 N–H and O–H groups in total. The maximum atomic E-state index is 13.1. The first kappa shape index (κ1) is 20.4. The first-order valence-corrected chi connectivity index (χ1v) is 9.89. The number of nitrogens with one attached hydrogen (secondary N) is 3. The second-order valence-electron chi connectivity index (χ2n) is 7.51. The van der Waals surface area contributed by atoms with Gasteiger partial charge >= 0.3 is 6.03 Å². The van der Waals surface area contributed by atoms with E-state index < -0.39 is 11.6 Å². The number of urea groups is 1. The van der Waals surface area contributed by atoms with Gasteiger partial charge in [0.25, 0.3) is 17.7 Å². The molecule has 2 aromatic carbocycles. The third kappa shape index (κ3) is 3.94. The van der Waals surface area contributed by atoms with Crippen molar-refractivity contribution in [1.82, 2.24) is 15.5 Å². The molecule has 2 saturated heterocycles. The maximum absolute atomic E-state index is 13.1. The molecule has 0 bridgehead atoms. The molecule has 31 heavy (non-hydrogen) atoms. The van der Waals surface area contributed by atoms with Crippen molar-refractivity contribution < 1.29 is 23.9 Å². The van der Waals surface area contributed by atoms with E-state index in [1.54, 1.807) is 60.5 Å². The van der Waals surface area contributed by atoms with E-state index in [9.17, 15) is 19.2 Å². The van der Waals surface area contributed by atoms with Crippen LogP contribution in [0.25, 0.3) is 0 Å². The number of nitrogens with zero attached hydrogens (tertiary/aromatic N) is 1. The highest BCUT2D eigenvalue weighted by molar-refractivity contribution is 6.09. The molecule has 5 amide bonds. The summed E-state index contributed by atoms with van der Waals surface area (Å²) in [7, 11) is 1.55. The van der Waals surface area contributed by atoms with Crippen molar-refractivity contribution in [3.05, 3.63) is 59.7 Å². The number of anilines is 1. The van der Waals surface area contributed by atoms with E-state index in [0.29, 0.717) is 48.5 Å². The van der Waals surface area contributed by atoms with Crippen LogP contribution in [0.15, 0.2) is 48.5 Å². The van der Waals surface area contributed by atoms with Crippen LogP contribution < -0.4 is 20.7 Å². The Labute approximate surface area is 178 Å². The van der Waals surface area contributed by atoms with Crippen LogP contribution in [0.5, 0.6) is 5.75 Å². The number of rotatable bonds is 4. The van der Waals surface area contributed by atoms with Gasteiger partial charge in [-0.1, -0.05) is 12.1 Å². The second kappa shape index (κ2) is 8.10. The first-order chi connectivity index (χ1) is 14.9. The van der Waals surface area contributed by atoms with Crippen LogP contribution in [0.3, 0.4) is 0 Å². The molecule has 9 nitrogen and oxygen atoms in total. The third-order valence-corrected chi connectivity index (χ3v) is 5.68. The summed E-state index contributed by atoms with van der Waals surface area (Å²) in [6, 6.07) is 13.0. The van der Waals surface area contributed by atoms with Gasteiger partial charge in [0.15, 0.2) is 0 Å². The monoisotopic (exact) mass is 422 g/mol. The van der Waals surface area contributed by atoms with Crippen molar-refractivity contribution in [3.63, 3.8) is 0 Å². The molecule has 0 aromatic heterocycles. The van der Waals surface area contributed by atoms with Gasteiger partial charge in [-0.05, 0) is 49.2 Å². The number of likely N-dealkylation sites (tertiary alicyclic amines) is 1. The molecule has 2 aliphatic rings. The Morgan fingerprint density at radius 1 is 1.03 bits per heavy atom. The fourth-order valence-corrected chi connectivity index (χ4v) is 3.86. The lowest BCUT2D eigenvalue weighted by molar-refractivity contribution is -0.125. The standard InChI is InChI=1S/C22H22N4O5/c1-31-15-8-6-14(7-9-15)18(27)23-17-5-3-2-4-16(17)19(28)26-12-10-22(11-13-26)20(29)24-21(30)25-22/h2-9H,10-13H2,1H3,(H,23,27)(H2,24,25,29,30). The van der Waals surface area contributed by atoms with Crippen LogP contribution in [0, 0.1) is 0 Å². The van der Waals surface area contributed by atoms with Crippen molar-refractivity contribution >= 4 is 29.4 Å². The summed E-state index contributed by atoms with van der Waals surface area (Å²) in [6.45, 7) is 0.626. The molecule has 2 aromatic rings. The number of amides is 5. The van der Waals surface area contributed by atoms with Crippen molar-refractivity contribution in [2.45, 2.75) is 18.4 Å². The summed E-state index contributed by atoms with van der Waals surface area (Å²) in [4.78, 5) is 51.0. The number of hydrogen-bond acceptors (Lipinski definition) is 5. The molecule has 0 aliphatic carbocycles. The highest BCUT2D eigenvalue weighted by Gasteiger charge is 2.48. The Balaban J connectivity index is 1.47. The Hall–Kier alpha value is -3.88. The fraction of sp³-hybridized carbons (Fsp3) is 0.273. The molecule has 2 heterocycles. The molecule has 160 valence electrons. The number of carbonyl (C=O) groups is 4. The van der Waals surface area contributed by atoms with Crippen LogP contribution in [-0.2, 0) is 4.79 Å². The van der Waals surface area contributed by atoms with Gasteiger partial charge in [0.2, 0.25) is 0 Å². The topological polar surface area (TPSA) is 117 Å². The average Bonchev–Trinajstić information content (AvgIpc) is 3.06. The lowest BCUT2D eigenvalue weighted by Gasteiger charge is -2.37. The molecule has 2 fully saturated rings. The SMILES string of the molecule is COc1ccc(C(=O)Nc2ccccc2C(=O)N2CCC3(CC2)NC(=O)NC3=O)cc1. The maximum Gasteiger partial charge on any atom is 0.322 e. The van der Waals surface area contributed by atoms with Crippen molar-refractivity contribution in [3.8, 4) is 5.75 Å². The van der Waals surface area contributed by atoms with Gasteiger partial charge < -0.3 is 20.3 Å². The summed E-state index contributed by atoms with van der Waals surface area (Å²) in [5.74, 6) is -0.296. The van der Waals surface area contributed by atoms with Gasteiger partial charge in [-0.3, -0.25) is 19.7 Å². The molecule has 2 aliphatic heterocycles. The highest BCUT2D eigenvalue weighted by Crippen LogP contribution is 2.28. The van der Waals surface area contributed by atoms with Crippen molar-refractivity contribution in [2.75, 3.05) is 25.5 Å². The Morgan fingerprint density at radius 3 is 2.32 bits per heavy atom. The van der Waals surface area contributed by atoms with Crippen molar-refractivity contribution in [1.29, 1.82) is 0 Å². The van der Waals surface area contributed by atoms with Gasteiger partial charge in [0, 0.05) is 18.7 Å². The number of hydrogen-bond donors (Lipinski definition) is 3. The Morgan fingerprint density at radius 2 is 1.71 bits per heavy atom. The first-order valence-electron chi connectivity index (χ1n) is 9.89. The summed E-state index contributed by atoms with van der Waals surface area (Å²) < 4.78 is 5.10. The summed E-state index contributed by atoms with van der Waals surface area (Å²) in [5.41, 5.74) is 0.252. The highest BCUT2D eigenvalue weighted by atomic mass is 16.5. The normalized spacial score (nSPS) is 17.1. The van der Waals surface area contributed by atoms with E-state index in [-0.39, 0.29) is 17.7 Å². The molecule has 1 spiro atoms. The lowest BCUT2D eigenvalue weighted by Crippen LogP contribution is -2.55. The van der Waals surface area contributed by atoms with E-state index in [0.717, 1.165) is 0 Å². The molecule has 0 saturated carbocycles. The van der Waals surface area contributed by atoms with Crippen LogP contribution in [0.1, 0.15) is 33.6 Å². The fourth-order valence-electron chi connectivity index (χ4n) is 3.86. The van der Waals surface area contributed by atoms with Gasteiger partial charge in [-0.2, -0.15) is 0 Å². The van der Waals surface area contributed by atoms with E-state index in [1.165, 1.54) is 0 Å². The van der Waals surface area contributed by atoms with Gasteiger partial charge in [-0.15, -0.1) is 0 Å². The van der Waals surface area contributed by atoms with Crippen molar-refractivity contribution in [2.24, 2.45) is 0 Å². The number of carbonyl (C=O) groups excluding carboxylic acids is 4. The van der Waals surface area contributed by atoms with Gasteiger partial charge in [0.05, 0.1) is 18.4 Å². The number of ether oxygens (including phenoxy) is 1. The molecule has 4 rings (SSSR count). The molecular formula is C22H22N4O5. The lowest BCUT2D eigenvalue weighted by atomic mass is 9.87. The van der Waals surface area contributed by atoms with E-state index in [4.69, 9.17) is 4.74 Å². The summed E-state index contributed by atoms with van der Waals surface area (Å²) in [6.07, 6.45) is 0.660. The van der Waals surface area contributed by atoms with Gasteiger partial charge in [0.1, 0.15) is 11.3 Å². The minimum atomic E-state index is -0.948. The minimum Gasteiger partial charge on any atom is -0.497 e. The summed E-state index contributed by atoms with van der Waals surface area (Å²) >= 11 is 0. The quantitative estimate of drug-likeness (QED) is 0.649. The molecular weight excluding hydrogens is 400 g/mol. The van der Waals surface area contributed by atoms with Crippen LogP contribution >= 0.6 is 0 Å². The van der Waals surface area contributed by atoms with E-state index in [1.807, 2.05) is 0 Å². The average molecular weight is 422 g/mol. The third-order valence-electron chi connectivity index (χ3n) is 5.68. The predicted octanol–water partition coefficient (Wildman–Crippen LogP) is 1.76. The molecule has 0 atom stereocenters. The second-order valence-corrected chi connectivity index (χ2v) is 7.51. The van der Waals surface area contributed by atoms with E-state index in [2.05, 4.69) is 16.0 Å². The zero-order chi connectivity index (χ0) is 22.0. The van der Waals surface area contributed by atoms with E-state index >= 15 is 0 Å². The Kier molecular flexibility index (Phi) is 5.33. The number of imide groups is 1. The van der Waals surface area contributed by atoms with Crippen LogP contribution in [-0.4, -0.2) is 54.4 Å². The smallest absolute Gasteiger partial charge is 0.322 e. The van der Waals surface area contributed by atoms with Gasteiger partial charge in [-0.25, -0.2) is 4.79 Å². The largest absolute Gasteiger partial charge is 0.497 e. The molecule has 0 unspecified atom stereocenters. The number of piperidine rings is 1. The molecule has 0 radical (unpaired) electrons. The van der Waals surface area contributed by atoms with Crippen LogP contribution in [0.2, 0.25) is 0 Å². The zero-order valence-corrected chi connectivity index (χ0v) is 16.9. The number of para-hydroxylation sites is 1. The number of benzene rings is 2. The minimum absolute atomic E-state index is 0.245. The van der Waals surface area contributed by atoms with Crippen LogP contribution in [0.4, 0.5) is 10.5 Å². The summed E-state index contributed by atoms with van der Waals surface area (Å²) in [5, 5.41) is 7.73. The number of methoxy groups -OCH3 is 1. The molecule has 9 heteroatoms.